The molecule has 0 aromatic carbocycles. The van der Waals surface area contributed by atoms with Gasteiger partial charge in [-0.3, -0.25) is 14.4 Å². The summed E-state index contributed by atoms with van der Waals surface area (Å²) in [6, 6.07) is 0. The Hall–Kier alpha value is -1.95. The van der Waals surface area contributed by atoms with Gasteiger partial charge in [0.15, 0.2) is 5.78 Å². The molecular formula is C16H20O6. The third-order valence-electron chi connectivity index (χ3n) is 4.16. The summed E-state index contributed by atoms with van der Waals surface area (Å²) in [5.74, 6) is -0.815. The second kappa shape index (κ2) is 6.44. The van der Waals surface area contributed by atoms with Gasteiger partial charge in [0.05, 0.1) is 5.60 Å². The van der Waals surface area contributed by atoms with Crippen molar-refractivity contribution < 1.29 is 28.6 Å². The third-order valence-corrected chi connectivity index (χ3v) is 4.16. The Kier molecular flexibility index (Phi) is 4.81. The number of ketones is 1. The standard InChI is InChI=1S/C16H20O6/c1-10(17)21-9-15(22-11(2)18)13-5-7-16(20-3)6-4-12(19)8-14(13)16/h4,6,14H,5,7-9H2,1-3H3/b15-13+/t14-,16-/m1/s1. The van der Waals surface area contributed by atoms with Crippen molar-refractivity contribution in [2.75, 3.05) is 13.7 Å². The van der Waals surface area contributed by atoms with Gasteiger partial charge in [0.1, 0.15) is 12.4 Å². The molecule has 0 spiro atoms. The molecular weight excluding hydrogens is 288 g/mol. The molecule has 22 heavy (non-hydrogen) atoms. The molecule has 0 bridgehead atoms. The Balaban J connectivity index is 2.36. The van der Waals surface area contributed by atoms with Crippen molar-refractivity contribution in [2.24, 2.45) is 5.92 Å². The van der Waals surface area contributed by atoms with E-state index in [0.717, 1.165) is 5.57 Å². The highest BCUT2D eigenvalue weighted by atomic mass is 16.6. The van der Waals surface area contributed by atoms with Crippen molar-refractivity contribution in [3.05, 3.63) is 23.5 Å². The van der Waals surface area contributed by atoms with Gasteiger partial charge in [-0.15, -0.1) is 0 Å². The van der Waals surface area contributed by atoms with E-state index in [1.165, 1.54) is 13.8 Å². The largest absolute Gasteiger partial charge is 0.458 e. The summed E-state index contributed by atoms with van der Waals surface area (Å²) in [4.78, 5) is 34.1. The Morgan fingerprint density at radius 1 is 1.32 bits per heavy atom. The second-order valence-corrected chi connectivity index (χ2v) is 5.54. The fourth-order valence-corrected chi connectivity index (χ4v) is 3.15. The maximum Gasteiger partial charge on any atom is 0.307 e. The summed E-state index contributed by atoms with van der Waals surface area (Å²) >= 11 is 0. The Morgan fingerprint density at radius 2 is 2.05 bits per heavy atom. The molecule has 0 aromatic rings. The average Bonchev–Trinajstić information content (AvgIpc) is 2.82. The lowest BCUT2D eigenvalue weighted by molar-refractivity contribution is -0.145. The van der Waals surface area contributed by atoms with Crippen LogP contribution in [0.3, 0.4) is 0 Å². The number of methoxy groups -OCH3 is 1. The summed E-state index contributed by atoms with van der Waals surface area (Å²) in [6.07, 6.45) is 4.94. The zero-order valence-electron chi connectivity index (χ0n) is 13.0. The normalized spacial score (nSPS) is 29.0. The van der Waals surface area contributed by atoms with Crippen LogP contribution in [0.1, 0.15) is 33.1 Å². The van der Waals surface area contributed by atoms with Crippen LogP contribution in [-0.4, -0.2) is 37.0 Å². The van der Waals surface area contributed by atoms with Crippen LogP contribution < -0.4 is 0 Å². The molecule has 1 saturated carbocycles. The highest BCUT2D eigenvalue weighted by Crippen LogP contribution is 2.48. The van der Waals surface area contributed by atoms with Crippen molar-refractivity contribution in [2.45, 2.75) is 38.7 Å². The average molecular weight is 308 g/mol. The van der Waals surface area contributed by atoms with Gasteiger partial charge in [0.2, 0.25) is 0 Å². The molecule has 0 N–H and O–H groups in total. The van der Waals surface area contributed by atoms with Gasteiger partial charge in [-0.25, -0.2) is 0 Å². The van der Waals surface area contributed by atoms with Gasteiger partial charge in [-0.2, -0.15) is 0 Å². The maximum absolute atomic E-state index is 11.8. The van der Waals surface area contributed by atoms with Gasteiger partial charge >= 0.3 is 11.9 Å². The first-order valence-corrected chi connectivity index (χ1v) is 7.19. The molecule has 0 aliphatic heterocycles. The predicted octanol–water partition coefficient (Wildman–Crippen LogP) is 1.69. The third kappa shape index (κ3) is 3.27. The Bertz CT molecular complexity index is 559. The van der Waals surface area contributed by atoms with Gasteiger partial charge in [0, 0.05) is 33.3 Å². The second-order valence-electron chi connectivity index (χ2n) is 5.54. The SMILES string of the molecule is CO[C@@]12C=CC(=O)C[C@@H]1/C(=C(\COC(C)=O)OC(C)=O)CC2. The molecule has 2 atom stereocenters. The van der Waals surface area contributed by atoms with Crippen LogP contribution in [0.2, 0.25) is 0 Å². The van der Waals surface area contributed by atoms with E-state index in [4.69, 9.17) is 14.2 Å². The van der Waals surface area contributed by atoms with Crippen LogP contribution >= 0.6 is 0 Å². The van der Waals surface area contributed by atoms with E-state index >= 15 is 0 Å². The zero-order chi connectivity index (χ0) is 16.3. The van der Waals surface area contributed by atoms with E-state index in [0.29, 0.717) is 25.0 Å². The van der Waals surface area contributed by atoms with E-state index in [1.807, 2.05) is 0 Å². The van der Waals surface area contributed by atoms with Gasteiger partial charge in [0.25, 0.3) is 0 Å². The molecule has 120 valence electrons. The molecule has 6 nitrogen and oxygen atoms in total. The van der Waals surface area contributed by atoms with E-state index in [9.17, 15) is 14.4 Å². The number of allylic oxidation sites excluding steroid dienone is 1. The first kappa shape index (κ1) is 16.4. The minimum absolute atomic E-state index is 0.00624. The molecule has 6 heteroatoms. The molecule has 0 saturated heterocycles. The fraction of sp³-hybridized carbons (Fsp3) is 0.562. The minimum Gasteiger partial charge on any atom is -0.458 e. The van der Waals surface area contributed by atoms with Crippen molar-refractivity contribution >= 4 is 17.7 Å². The Labute approximate surface area is 129 Å². The number of hydrogen-bond acceptors (Lipinski definition) is 6. The molecule has 2 rings (SSSR count). The fourth-order valence-electron chi connectivity index (χ4n) is 3.15. The van der Waals surface area contributed by atoms with E-state index < -0.39 is 17.5 Å². The number of esters is 2. The van der Waals surface area contributed by atoms with Crippen LogP contribution in [0.15, 0.2) is 23.5 Å². The number of ether oxygens (including phenoxy) is 3. The first-order valence-electron chi connectivity index (χ1n) is 7.19. The van der Waals surface area contributed by atoms with Gasteiger partial charge < -0.3 is 14.2 Å². The topological polar surface area (TPSA) is 78.9 Å². The Morgan fingerprint density at radius 3 is 2.64 bits per heavy atom. The molecule has 0 amide bonds. The van der Waals surface area contributed by atoms with Crippen LogP contribution in [0.25, 0.3) is 0 Å². The quantitative estimate of drug-likeness (QED) is 0.581. The van der Waals surface area contributed by atoms with Crippen LogP contribution in [0.5, 0.6) is 0 Å². The summed E-state index contributed by atoms with van der Waals surface area (Å²) in [7, 11) is 1.60. The zero-order valence-corrected chi connectivity index (χ0v) is 13.0. The summed E-state index contributed by atoms with van der Waals surface area (Å²) < 4.78 is 15.8. The molecule has 0 aromatic heterocycles. The molecule has 2 aliphatic rings. The van der Waals surface area contributed by atoms with Crippen molar-refractivity contribution in [3.63, 3.8) is 0 Å². The summed E-state index contributed by atoms with van der Waals surface area (Å²) in [6.45, 7) is 2.47. The summed E-state index contributed by atoms with van der Waals surface area (Å²) in [5.41, 5.74) is 0.265. The number of carbonyl (C=O) groups excluding carboxylic acids is 3. The summed E-state index contributed by atoms with van der Waals surface area (Å²) in [5, 5.41) is 0. The highest BCUT2D eigenvalue weighted by Gasteiger charge is 2.48. The lowest BCUT2D eigenvalue weighted by Crippen LogP contribution is -2.38. The molecule has 0 unspecified atom stereocenters. The number of fused-ring (bicyclic) bond motifs is 1. The number of hydrogen-bond donors (Lipinski definition) is 0. The number of carbonyl (C=O) groups is 3. The highest BCUT2D eigenvalue weighted by molar-refractivity contribution is 5.91. The molecule has 0 radical (unpaired) electrons. The number of rotatable bonds is 4. The van der Waals surface area contributed by atoms with E-state index in [1.54, 1.807) is 19.3 Å². The molecule has 2 aliphatic carbocycles. The van der Waals surface area contributed by atoms with Gasteiger partial charge in [-0.1, -0.05) is 0 Å². The van der Waals surface area contributed by atoms with Crippen LogP contribution in [0, 0.1) is 5.92 Å². The van der Waals surface area contributed by atoms with Gasteiger partial charge in [-0.05, 0) is 30.6 Å². The smallest absolute Gasteiger partial charge is 0.307 e. The lowest BCUT2D eigenvalue weighted by Gasteiger charge is -2.34. The van der Waals surface area contributed by atoms with Crippen molar-refractivity contribution in [1.29, 1.82) is 0 Å². The molecule has 1 fully saturated rings. The minimum atomic E-state index is -0.551. The van der Waals surface area contributed by atoms with Crippen LogP contribution in [0.4, 0.5) is 0 Å². The maximum atomic E-state index is 11.8. The predicted molar refractivity (Wildman–Crippen MR) is 76.7 cm³/mol. The lowest BCUT2D eigenvalue weighted by atomic mass is 9.80. The van der Waals surface area contributed by atoms with Crippen molar-refractivity contribution in [3.8, 4) is 0 Å². The monoisotopic (exact) mass is 308 g/mol. The van der Waals surface area contributed by atoms with E-state index in [2.05, 4.69) is 0 Å². The first-order chi connectivity index (χ1) is 10.4. The van der Waals surface area contributed by atoms with Crippen molar-refractivity contribution in [1.82, 2.24) is 0 Å². The molecule has 0 heterocycles. The van der Waals surface area contributed by atoms with E-state index in [-0.39, 0.29) is 18.3 Å². The van der Waals surface area contributed by atoms with Crippen LogP contribution in [-0.2, 0) is 28.6 Å².